The predicted molar refractivity (Wildman–Crippen MR) is 36.4 cm³/mol. The smallest absolute Gasteiger partial charge is 0.391 e. The maximum atomic E-state index is 12.0. The highest BCUT2D eigenvalue weighted by Gasteiger charge is 2.45. The van der Waals surface area contributed by atoms with Crippen LogP contribution in [-0.2, 0) is 0 Å². The predicted octanol–water partition coefficient (Wildman–Crippen LogP) is -0.544. The highest BCUT2D eigenvalue weighted by atomic mass is 19.4. The van der Waals surface area contributed by atoms with Gasteiger partial charge in [-0.25, -0.2) is 0 Å². The molecule has 0 radical (unpaired) electrons. The Hall–Kier alpha value is -0.330. The van der Waals surface area contributed by atoms with E-state index in [2.05, 4.69) is 5.32 Å². The van der Waals surface area contributed by atoms with Gasteiger partial charge in [0.2, 0.25) is 0 Å². The molecule has 1 saturated heterocycles. The first-order valence-corrected chi connectivity index (χ1v) is 3.64. The van der Waals surface area contributed by atoms with Crippen molar-refractivity contribution in [1.82, 2.24) is 5.32 Å². The molecule has 0 aliphatic carbocycles. The molecule has 1 rings (SSSR count). The van der Waals surface area contributed by atoms with Gasteiger partial charge in [-0.1, -0.05) is 0 Å². The topological polar surface area (TPSA) is 58.3 Å². The monoisotopic (exact) mass is 184 g/mol. The fourth-order valence-electron chi connectivity index (χ4n) is 1.29. The number of aliphatic hydroxyl groups excluding tert-OH is 1. The molecular weight excluding hydrogens is 173 g/mol. The lowest BCUT2D eigenvalue weighted by molar-refractivity contribution is -0.163. The zero-order valence-corrected chi connectivity index (χ0v) is 6.30. The Morgan fingerprint density at radius 3 is 2.33 bits per heavy atom. The third-order valence-corrected chi connectivity index (χ3v) is 2.07. The summed E-state index contributed by atoms with van der Waals surface area (Å²) in [6.07, 6.45) is -5.40. The summed E-state index contributed by atoms with van der Waals surface area (Å²) in [4.78, 5) is 0. The summed E-state index contributed by atoms with van der Waals surface area (Å²) in [6, 6.07) is -1.93. The summed E-state index contributed by atoms with van der Waals surface area (Å²) in [5, 5.41) is 11.7. The van der Waals surface area contributed by atoms with E-state index < -0.39 is 24.2 Å². The van der Waals surface area contributed by atoms with Gasteiger partial charge in [-0.3, -0.25) is 0 Å². The van der Waals surface area contributed by atoms with Gasteiger partial charge in [0.15, 0.2) is 0 Å². The minimum atomic E-state index is -4.42. The molecule has 0 bridgehead atoms. The Kier molecular flexibility index (Phi) is 2.60. The summed E-state index contributed by atoms with van der Waals surface area (Å²) in [7, 11) is 0. The number of halogens is 3. The van der Waals surface area contributed by atoms with Crippen molar-refractivity contribution in [3.63, 3.8) is 0 Å². The summed E-state index contributed by atoms with van der Waals surface area (Å²) in [5.74, 6) is -0.912. The molecule has 0 aromatic heterocycles. The summed E-state index contributed by atoms with van der Waals surface area (Å²) < 4.78 is 36.0. The molecule has 1 aliphatic rings. The number of alkyl halides is 3. The maximum absolute atomic E-state index is 12.0. The first-order valence-electron chi connectivity index (χ1n) is 3.64. The number of nitrogens with two attached hydrogens (primary N) is 1. The third kappa shape index (κ3) is 1.88. The van der Waals surface area contributed by atoms with Crippen molar-refractivity contribution < 1.29 is 18.3 Å². The van der Waals surface area contributed by atoms with Gasteiger partial charge in [0.25, 0.3) is 0 Å². The van der Waals surface area contributed by atoms with E-state index in [9.17, 15) is 13.2 Å². The lowest BCUT2D eigenvalue weighted by Gasteiger charge is -2.23. The zero-order valence-electron chi connectivity index (χ0n) is 6.30. The van der Waals surface area contributed by atoms with Crippen LogP contribution in [0.1, 0.15) is 0 Å². The zero-order chi connectivity index (χ0) is 9.35. The number of aliphatic hydroxyl groups is 1. The molecule has 1 aliphatic heterocycles. The second-order valence-electron chi connectivity index (χ2n) is 2.96. The first-order chi connectivity index (χ1) is 5.43. The molecule has 1 fully saturated rings. The van der Waals surface area contributed by atoms with Crippen LogP contribution < -0.4 is 11.1 Å². The average molecular weight is 184 g/mol. The average Bonchev–Trinajstić information content (AvgIpc) is 2.31. The molecule has 0 spiro atoms. The quantitative estimate of drug-likeness (QED) is 0.512. The molecule has 4 N–H and O–H groups in total. The largest absolute Gasteiger partial charge is 0.404 e. The van der Waals surface area contributed by atoms with Gasteiger partial charge in [0, 0.05) is 19.0 Å². The van der Waals surface area contributed by atoms with E-state index in [1.165, 1.54) is 0 Å². The number of nitrogens with one attached hydrogen (secondary N) is 1. The van der Waals surface area contributed by atoms with Crippen LogP contribution in [0.15, 0.2) is 0 Å². The normalized spacial score (nSPS) is 33.8. The Morgan fingerprint density at radius 2 is 2.00 bits per heavy atom. The van der Waals surface area contributed by atoms with Gasteiger partial charge < -0.3 is 16.2 Å². The first kappa shape index (κ1) is 9.76. The Bertz CT molecular complexity index is 161. The summed E-state index contributed by atoms with van der Waals surface area (Å²) in [5.41, 5.74) is 4.92. The van der Waals surface area contributed by atoms with Gasteiger partial charge >= 0.3 is 6.18 Å². The van der Waals surface area contributed by atoms with Gasteiger partial charge in [0.05, 0.1) is 6.10 Å². The van der Waals surface area contributed by atoms with Crippen LogP contribution in [0, 0.1) is 5.92 Å². The van der Waals surface area contributed by atoms with Gasteiger partial charge in [-0.2, -0.15) is 13.2 Å². The van der Waals surface area contributed by atoms with E-state index in [0.29, 0.717) is 0 Å². The third-order valence-electron chi connectivity index (χ3n) is 2.07. The summed E-state index contributed by atoms with van der Waals surface area (Å²) >= 11 is 0. The second kappa shape index (κ2) is 3.20. The van der Waals surface area contributed by atoms with Crippen LogP contribution in [0.4, 0.5) is 13.2 Å². The van der Waals surface area contributed by atoms with Crippen molar-refractivity contribution in [2.75, 3.05) is 13.1 Å². The number of hydrogen-bond acceptors (Lipinski definition) is 3. The molecule has 0 aromatic rings. The van der Waals surface area contributed by atoms with Crippen molar-refractivity contribution in [3.05, 3.63) is 0 Å². The minimum absolute atomic E-state index is 0.127. The van der Waals surface area contributed by atoms with Crippen molar-refractivity contribution in [2.24, 2.45) is 11.7 Å². The van der Waals surface area contributed by atoms with Crippen LogP contribution >= 0.6 is 0 Å². The highest BCUT2D eigenvalue weighted by Crippen LogP contribution is 2.27. The molecule has 0 aromatic carbocycles. The Balaban J connectivity index is 2.57. The molecular formula is C6H11F3N2O. The lowest BCUT2D eigenvalue weighted by atomic mass is 9.97. The van der Waals surface area contributed by atoms with Crippen molar-refractivity contribution in [1.29, 1.82) is 0 Å². The molecule has 0 saturated carbocycles. The molecule has 3 atom stereocenters. The lowest BCUT2D eigenvalue weighted by Crippen LogP contribution is -2.48. The fraction of sp³-hybridized carbons (Fsp3) is 1.00. The van der Waals surface area contributed by atoms with Crippen LogP contribution in [0.2, 0.25) is 0 Å². The molecule has 72 valence electrons. The SMILES string of the molecule is N[C@@H]([C@H]1CNC[C@H]1O)C(F)(F)F. The summed E-state index contributed by atoms with van der Waals surface area (Å²) in [6.45, 7) is 0.316. The molecule has 12 heavy (non-hydrogen) atoms. The van der Waals surface area contributed by atoms with Crippen molar-refractivity contribution in [2.45, 2.75) is 18.3 Å². The molecule has 0 amide bonds. The van der Waals surface area contributed by atoms with Crippen LogP contribution in [-0.4, -0.2) is 36.5 Å². The molecule has 3 nitrogen and oxygen atoms in total. The van der Waals surface area contributed by atoms with E-state index >= 15 is 0 Å². The fourth-order valence-corrected chi connectivity index (χ4v) is 1.29. The minimum Gasteiger partial charge on any atom is -0.391 e. The van der Waals surface area contributed by atoms with Gasteiger partial charge in [-0.15, -0.1) is 0 Å². The van der Waals surface area contributed by atoms with E-state index in [1.54, 1.807) is 0 Å². The Labute approximate surface area is 67.7 Å². The molecule has 1 heterocycles. The van der Waals surface area contributed by atoms with Crippen molar-refractivity contribution in [3.8, 4) is 0 Å². The van der Waals surface area contributed by atoms with Gasteiger partial charge in [-0.05, 0) is 0 Å². The van der Waals surface area contributed by atoms with E-state index in [0.717, 1.165) is 0 Å². The highest BCUT2D eigenvalue weighted by molar-refractivity contribution is 4.91. The van der Waals surface area contributed by atoms with E-state index in [4.69, 9.17) is 10.8 Å². The number of hydrogen-bond donors (Lipinski definition) is 3. The molecule has 6 heteroatoms. The maximum Gasteiger partial charge on any atom is 0.404 e. The standard InChI is InChI=1S/C6H11F3N2O/c7-6(8,9)5(10)3-1-11-2-4(3)12/h3-5,11-12H,1-2,10H2/t3-,4+,5-/m0/s1. The number of rotatable bonds is 1. The van der Waals surface area contributed by atoms with E-state index in [1.807, 2.05) is 0 Å². The Morgan fingerprint density at radius 1 is 1.42 bits per heavy atom. The van der Waals surface area contributed by atoms with Crippen molar-refractivity contribution >= 4 is 0 Å². The van der Waals surface area contributed by atoms with E-state index in [-0.39, 0.29) is 13.1 Å². The van der Waals surface area contributed by atoms with Crippen LogP contribution in [0.3, 0.4) is 0 Å². The van der Waals surface area contributed by atoms with Gasteiger partial charge in [0.1, 0.15) is 6.04 Å². The van der Waals surface area contributed by atoms with Crippen LogP contribution in [0.5, 0.6) is 0 Å². The van der Waals surface area contributed by atoms with Crippen LogP contribution in [0.25, 0.3) is 0 Å². The molecule has 0 unspecified atom stereocenters. The number of β-amino-alcohol motifs (C(OH)–C–C–N with tert-alkyl or cyclic N) is 1. The second-order valence-corrected chi connectivity index (χ2v) is 2.96.